The Morgan fingerprint density at radius 3 is 3.00 bits per heavy atom. The van der Waals surface area contributed by atoms with Crippen LogP contribution < -0.4 is 5.32 Å². The molecule has 2 aromatic rings. The van der Waals surface area contributed by atoms with Gasteiger partial charge in [-0.3, -0.25) is 4.79 Å². The van der Waals surface area contributed by atoms with E-state index < -0.39 is 6.04 Å². The minimum atomic E-state index is -0.434. The molecule has 0 bridgehead atoms. The zero-order chi connectivity index (χ0) is 15.5. The van der Waals surface area contributed by atoms with E-state index in [2.05, 4.69) is 15.4 Å². The van der Waals surface area contributed by atoms with Gasteiger partial charge in [0.25, 0.3) is 0 Å². The van der Waals surface area contributed by atoms with Crippen molar-refractivity contribution in [1.82, 2.24) is 25.0 Å². The first-order valence-corrected chi connectivity index (χ1v) is 7.27. The van der Waals surface area contributed by atoms with Crippen molar-refractivity contribution in [3.05, 3.63) is 48.3 Å². The number of nitrogens with zero attached hydrogens (tertiary/aromatic N) is 4. The van der Waals surface area contributed by atoms with Gasteiger partial charge in [0.15, 0.2) is 0 Å². The SMILES string of the molecule is CC(C(=O)N1CCNCC1c1cccc(F)c1)n1cncn1.Cl. The van der Waals surface area contributed by atoms with Crippen molar-refractivity contribution in [2.45, 2.75) is 19.0 Å². The molecule has 1 N–H and O–H groups in total. The van der Waals surface area contributed by atoms with Crippen LogP contribution in [0.2, 0.25) is 0 Å². The topological polar surface area (TPSA) is 63.1 Å². The van der Waals surface area contributed by atoms with Crippen molar-refractivity contribution in [2.24, 2.45) is 0 Å². The molecule has 0 radical (unpaired) electrons. The fourth-order valence-corrected chi connectivity index (χ4v) is 2.75. The summed E-state index contributed by atoms with van der Waals surface area (Å²) in [5.41, 5.74) is 0.798. The lowest BCUT2D eigenvalue weighted by Crippen LogP contribution is -2.50. The van der Waals surface area contributed by atoms with Crippen LogP contribution in [0.15, 0.2) is 36.9 Å². The normalized spacial score (nSPS) is 19.0. The molecular formula is C15H19ClFN5O. The standard InChI is InChI=1S/C15H18FN5O.ClH/c1-11(21-10-18-9-19-21)15(22)20-6-5-17-8-14(20)12-3-2-4-13(16)7-12;/h2-4,7,9-11,14,17H,5-6,8H2,1H3;1H. The molecule has 8 heteroatoms. The van der Waals surface area contributed by atoms with Crippen LogP contribution in [0.25, 0.3) is 0 Å². The zero-order valence-corrected chi connectivity index (χ0v) is 13.5. The van der Waals surface area contributed by atoms with Gasteiger partial charge in [0.05, 0.1) is 6.04 Å². The Morgan fingerprint density at radius 1 is 1.48 bits per heavy atom. The Labute approximate surface area is 140 Å². The van der Waals surface area contributed by atoms with Crippen molar-refractivity contribution in [3.8, 4) is 0 Å². The quantitative estimate of drug-likeness (QED) is 0.922. The average Bonchev–Trinajstić information content (AvgIpc) is 3.08. The summed E-state index contributed by atoms with van der Waals surface area (Å²) in [5.74, 6) is -0.332. The minimum Gasteiger partial charge on any atom is -0.331 e. The van der Waals surface area contributed by atoms with Crippen LogP contribution in [0.3, 0.4) is 0 Å². The Kier molecular flexibility index (Phi) is 5.68. The molecular weight excluding hydrogens is 321 g/mol. The summed E-state index contributed by atoms with van der Waals surface area (Å²) in [6, 6.07) is 5.80. The molecule has 1 aliphatic heterocycles. The van der Waals surface area contributed by atoms with Crippen molar-refractivity contribution in [2.75, 3.05) is 19.6 Å². The molecule has 1 fully saturated rings. The monoisotopic (exact) mass is 339 g/mol. The molecule has 1 saturated heterocycles. The average molecular weight is 340 g/mol. The number of hydrogen-bond acceptors (Lipinski definition) is 4. The highest BCUT2D eigenvalue weighted by Crippen LogP contribution is 2.25. The zero-order valence-electron chi connectivity index (χ0n) is 12.7. The molecule has 0 aliphatic carbocycles. The van der Waals surface area contributed by atoms with E-state index in [1.54, 1.807) is 17.9 Å². The van der Waals surface area contributed by atoms with E-state index in [1.165, 1.54) is 29.5 Å². The van der Waals surface area contributed by atoms with Crippen molar-refractivity contribution in [3.63, 3.8) is 0 Å². The Bertz CT molecular complexity index is 651. The second-order valence-electron chi connectivity index (χ2n) is 5.36. The van der Waals surface area contributed by atoms with Gasteiger partial charge in [-0.15, -0.1) is 12.4 Å². The molecule has 2 heterocycles. The van der Waals surface area contributed by atoms with Gasteiger partial charge in [0.1, 0.15) is 24.5 Å². The van der Waals surface area contributed by atoms with Crippen LogP contribution in [0, 0.1) is 5.82 Å². The first-order chi connectivity index (χ1) is 10.7. The number of rotatable bonds is 3. The van der Waals surface area contributed by atoms with E-state index in [0.717, 1.165) is 12.1 Å². The van der Waals surface area contributed by atoms with Gasteiger partial charge in [0, 0.05) is 19.6 Å². The lowest BCUT2D eigenvalue weighted by Gasteiger charge is -2.38. The molecule has 3 rings (SSSR count). The van der Waals surface area contributed by atoms with E-state index in [1.807, 2.05) is 6.07 Å². The molecule has 6 nitrogen and oxygen atoms in total. The minimum absolute atomic E-state index is 0. The number of carbonyl (C=O) groups is 1. The van der Waals surface area contributed by atoms with Crippen LogP contribution in [0.5, 0.6) is 0 Å². The highest BCUT2D eigenvalue weighted by molar-refractivity contribution is 5.85. The first-order valence-electron chi connectivity index (χ1n) is 7.27. The maximum absolute atomic E-state index is 13.5. The third kappa shape index (κ3) is 3.68. The third-order valence-corrected chi connectivity index (χ3v) is 3.95. The van der Waals surface area contributed by atoms with Gasteiger partial charge in [0.2, 0.25) is 5.91 Å². The summed E-state index contributed by atoms with van der Waals surface area (Å²) in [6.45, 7) is 3.71. The molecule has 2 unspecified atom stereocenters. The van der Waals surface area contributed by atoms with E-state index in [0.29, 0.717) is 13.1 Å². The number of aromatic nitrogens is 3. The summed E-state index contributed by atoms with van der Waals surface area (Å²) in [6.07, 6.45) is 2.94. The number of amides is 1. The third-order valence-electron chi connectivity index (χ3n) is 3.95. The predicted molar refractivity (Wildman–Crippen MR) is 85.7 cm³/mol. The van der Waals surface area contributed by atoms with Gasteiger partial charge in [-0.05, 0) is 24.6 Å². The first kappa shape index (κ1) is 17.4. The van der Waals surface area contributed by atoms with Crippen LogP contribution in [-0.2, 0) is 4.79 Å². The van der Waals surface area contributed by atoms with Crippen molar-refractivity contribution < 1.29 is 9.18 Å². The van der Waals surface area contributed by atoms with Crippen LogP contribution in [0.1, 0.15) is 24.6 Å². The Morgan fingerprint density at radius 2 is 2.30 bits per heavy atom. The van der Waals surface area contributed by atoms with Gasteiger partial charge in [-0.1, -0.05) is 12.1 Å². The van der Waals surface area contributed by atoms with E-state index in [4.69, 9.17) is 0 Å². The molecule has 1 aliphatic rings. The second-order valence-corrected chi connectivity index (χ2v) is 5.36. The summed E-state index contributed by atoms with van der Waals surface area (Å²) in [5, 5.41) is 7.29. The van der Waals surface area contributed by atoms with Crippen molar-refractivity contribution in [1.29, 1.82) is 0 Å². The predicted octanol–water partition coefficient (Wildman–Crippen LogP) is 1.57. The summed E-state index contributed by atoms with van der Waals surface area (Å²) in [4.78, 5) is 18.4. The maximum Gasteiger partial charge on any atom is 0.247 e. The highest BCUT2D eigenvalue weighted by atomic mass is 35.5. The van der Waals surface area contributed by atoms with E-state index in [-0.39, 0.29) is 30.2 Å². The molecule has 124 valence electrons. The smallest absolute Gasteiger partial charge is 0.247 e. The maximum atomic E-state index is 13.5. The molecule has 1 amide bonds. The number of carbonyl (C=O) groups excluding carboxylic acids is 1. The van der Waals surface area contributed by atoms with Gasteiger partial charge in [-0.2, -0.15) is 5.10 Å². The summed E-state index contributed by atoms with van der Waals surface area (Å²) >= 11 is 0. The summed E-state index contributed by atoms with van der Waals surface area (Å²) in [7, 11) is 0. The Hall–Kier alpha value is -1.99. The lowest BCUT2D eigenvalue weighted by molar-refractivity contribution is -0.138. The number of hydrogen-bond donors (Lipinski definition) is 1. The molecule has 1 aromatic heterocycles. The summed E-state index contributed by atoms with van der Waals surface area (Å²) < 4.78 is 15.0. The number of piperazine rings is 1. The number of halogens is 2. The van der Waals surface area contributed by atoms with Crippen LogP contribution >= 0.6 is 12.4 Å². The van der Waals surface area contributed by atoms with Gasteiger partial charge < -0.3 is 10.2 Å². The fraction of sp³-hybridized carbons (Fsp3) is 0.400. The van der Waals surface area contributed by atoms with Crippen LogP contribution in [-0.4, -0.2) is 45.2 Å². The second kappa shape index (κ2) is 7.52. The Balaban J connectivity index is 0.00000192. The largest absolute Gasteiger partial charge is 0.331 e. The fourth-order valence-electron chi connectivity index (χ4n) is 2.75. The van der Waals surface area contributed by atoms with E-state index >= 15 is 0 Å². The van der Waals surface area contributed by atoms with E-state index in [9.17, 15) is 9.18 Å². The van der Waals surface area contributed by atoms with Crippen LogP contribution in [0.4, 0.5) is 4.39 Å². The number of nitrogens with one attached hydrogen (secondary N) is 1. The highest BCUT2D eigenvalue weighted by Gasteiger charge is 2.31. The molecule has 1 aromatic carbocycles. The number of benzene rings is 1. The molecule has 2 atom stereocenters. The lowest BCUT2D eigenvalue weighted by atomic mass is 10.0. The molecule has 0 saturated carbocycles. The molecule has 23 heavy (non-hydrogen) atoms. The van der Waals surface area contributed by atoms with Gasteiger partial charge in [-0.25, -0.2) is 14.1 Å². The van der Waals surface area contributed by atoms with Crippen molar-refractivity contribution >= 4 is 18.3 Å². The molecule has 0 spiro atoms. The van der Waals surface area contributed by atoms with Gasteiger partial charge >= 0.3 is 0 Å².